The third-order valence-electron chi connectivity index (χ3n) is 9.31. The first-order valence-corrected chi connectivity index (χ1v) is 16.9. The van der Waals surface area contributed by atoms with Gasteiger partial charge in [-0.15, -0.1) is 0 Å². The van der Waals surface area contributed by atoms with Gasteiger partial charge in [0.05, 0.1) is 24.5 Å². The molecule has 0 radical (unpaired) electrons. The Morgan fingerprint density at radius 2 is 0.654 bits per heavy atom. The van der Waals surface area contributed by atoms with Gasteiger partial charge < -0.3 is 0 Å². The van der Waals surface area contributed by atoms with Crippen molar-refractivity contribution in [2.75, 3.05) is 9.80 Å². The summed E-state index contributed by atoms with van der Waals surface area (Å²) in [5.41, 5.74) is 3.55. The number of para-hydroxylation sites is 2. The van der Waals surface area contributed by atoms with E-state index in [1.165, 1.54) is 0 Å². The zero-order valence-electron chi connectivity index (χ0n) is 28.1. The zero-order valence-corrected chi connectivity index (χ0v) is 28.1. The van der Waals surface area contributed by atoms with E-state index in [9.17, 15) is 28.8 Å². The largest absolute Gasteiger partial charge is 0.338 e. The maximum Gasteiger partial charge on any atom is 0.338 e. The maximum absolute atomic E-state index is 13.8. The summed E-state index contributed by atoms with van der Waals surface area (Å²) in [4.78, 5) is 86.9. The molecule has 2 fully saturated rings. The van der Waals surface area contributed by atoms with Crippen LogP contribution in [0, 0.1) is 11.8 Å². The van der Waals surface area contributed by atoms with Crippen molar-refractivity contribution in [3.8, 4) is 0 Å². The lowest BCUT2D eigenvalue weighted by Gasteiger charge is -2.37. The highest BCUT2D eigenvalue weighted by Gasteiger charge is 2.48. The van der Waals surface area contributed by atoms with Crippen LogP contribution in [0.5, 0.6) is 0 Å². The predicted molar refractivity (Wildman–Crippen MR) is 193 cm³/mol. The number of urea groups is 2. The summed E-state index contributed by atoms with van der Waals surface area (Å²) in [6.45, 7) is 0.0234. The van der Waals surface area contributed by atoms with Crippen molar-refractivity contribution in [2.24, 2.45) is 11.8 Å². The van der Waals surface area contributed by atoms with Crippen molar-refractivity contribution in [3.63, 3.8) is 0 Å². The van der Waals surface area contributed by atoms with Crippen LogP contribution >= 0.6 is 0 Å². The molecular formula is C42H34N4O6. The molecule has 0 aliphatic carbocycles. The minimum atomic E-state index is -1.16. The minimum Gasteiger partial charge on any atom is -0.273 e. The van der Waals surface area contributed by atoms with E-state index < -0.39 is 47.5 Å². The number of rotatable bonds is 10. The van der Waals surface area contributed by atoms with Gasteiger partial charge in [-0.25, -0.2) is 19.4 Å². The van der Waals surface area contributed by atoms with E-state index in [1.54, 1.807) is 84.9 Å². The highest BCUT2D eigenvalue weighted by atomic mass is 16.2. The average molecular weight is 691 g/mol. The Balaban J connectivity index is 1.13. The van der Waals surface area contributed by atoms with Crippen molar-refractivity contribution < 1.29 is 28.8 Å². The molecule has 2 atom stereocenters. The molecule has 52 heavy (non-hydrogen) atoms. The second-order valence-electron chi connectivity index (χ2n) is 12.7. The first-order valence-electron chi connectivity index (χ1n) is 16.9. The summed E-state index contributed by atoms with van der Waals surface area (Å²) in [6.07, 6.45) is 0.0601. The summed E-state index contributed by atoms with van der Waals surface area (Å²) < 4.78 is 0. The van der Waals surface area contributed by atoms with Crippen LogP contribution in [0.3, 0.4) is 0 Å². The first kappa shape index (κ1) is 33.8. The highest BCUT2D eigenvalue weighted by molar-refractivity contribution is 6.28. The van der Waals surface area contributed by atoms with Crippen LogP contribution in [0.1, 0.15) is 22.3 Å². The van der Waals surface area contributed by atoms with Crippen molar-refractivity contribution in [1.82, 2.24) is 9.80 Å². The number of barbiturate groups is 2. The van der Waals surface area contributed by atoms with Gasteiger partial charge in [-0.1, -0.05) is 121 Å². The van der Waals surface area contributed by atoms with Gasteiger partial charge in [0, 0.05) is 0 Å². The van der Waals surface area contributed by atoms with Crippen LogP contribution in [0.4, 0.5) is 21.0 Å². The molecule has 5 aromatic rings. The Bertz CT molecular complexity index is 1970. The molecule has 0 N–H and O–H groups in total. The molecule has 2 aliphatic heterocycles. The number of imide groups is 4. The summed E-state index contributed by atoms with van der Waals surface area (Å²) in [5, 5.41) is 0. The molecule has 10 nitrogen and oxygen atoms in total. The fourth-order valence-electron chi connectivity index (χ4n) is 6.60. The summed E-state index contributed by atoms with van der Waals surface area (Å²) in [5.74, 6) is -4.72. The van der Waals surface area contributed by atoms with Crippen molar-refractivity contribution in [1.29, 1.82) is 0 Å². The van der Waals surface area contributed by atoms with Crippen LogP contribution < -0.4 is 9.80 Å². The number of hydrogen-bond acceptors (Lipinski definition) is 6. The Labute approximate surface area is 300 Å². The molecule has 5 aromatic carbocycles. The van der Waals surface area contributed by atoms with Crippen LogP contribution in [0.25, 0.3) is 0 Å². The van der Waals surface area contributed by atoms with Crippen LogP contribution in [-0.4, -0.2) is 45.5 Å². The second-order valence-corrected chi connectivity index (χ2v) is 12.7. The van der Waals surface area contributed by atoms with Gasteiger partial charge >= 0.3 is 12.1 Å². The Kier molecular flexibility index (Phi) is 9.53. The number of benzene rings is 5. The second kappa shape index (κ2) is 14.7. The molecule has 7 rings (SSSR count). The van der Waals surface area contributed by atoms with Gasteiger partial charge in [-0.3, -0.25) is 29.0 Å². The van der Waals surface area contributed by atoms with Crippen LogP contribution in [0.2, 0.25) is 0 Å². The average Bonchev–Trinajstić information content (AvgIpc) is 3.18. The fourth-order valence-corrected chi connectivity index (χ4v) is 6.60. The van der Waals surface area contributed by atoms with E-state index in [-0.39, 0.29) is 25.9 Å². The lowest BCUT2D eigenvalue weighted by molar-refractivity contribution is -0.143. The van der Waals surface area contributed by atoms with Gasteiger partial charge in [-0.2, -0.15) is 0 Å². The molecule has 0 aromatic heterocycles. The maximum atomic E-state index is 13.8. The molecule has 2 aliphatic rings. The number of carbonyl (C=O) groups excluding carboxylic acids is 6. The van der Waals surface area contributed by atoms with Crippen molar-refractivity contribution in [2.45, 2.75) is 25.9 Å². The molecule has 2 heterocycles. The monoisotopic (exact) mass is 690 g/mol. The Hall–Kier alpha value is -6.68. The first-order chi connectivity index (χ1) is 25.3. The Morgan fingerprint density at radius 1 is 0.346 bits per heavy atom. The van der Waals surface area contributed by atoms with Gasteiger partial charge in [0.1, 0.15) is 11.8 Å². The zero-order chi connectivity index (χ0) is 36.2. The van der Waals surface area contributed by atoms with Crippen molar-refractivity contribution in [3.05, 3.63) is 168 Å². The summed E-state index contributed by atoms with van der Waals surface area (Å²) in [7, 11) is 0. The van der Waals surface area contributed by atoms with E-state index in [2.05, 4.69) is 0 Å². The van der Waals surface area contributed by atoms with E-state index >= 15 is 0 Å². The Morgan fingerprint density at radius 3 is 0.981 bits per heavy atom. The van der Waals surface area contributed by atoms with Gasteiger partial charge in [0.2, 0.25) is 23.6 Å². The molecular weight excluding hydrogens is 656 g/mol. The van der Waals surface area contributed by atoms with Crippen LogP contribution in [0.15, 0.2) is 146 Å². The number of nitrogens with zero attached hydrogens (tertiary/aromatic N) is 4. The molecule has 0 saturated carbocycles. The normalized spacial score (nSPS) is 18.0. The van der Waals surface area contributed by atoms with E-state index in [0.29, 0.717) is 22.5 Å². The van der Waals surface area contributed by atoms with Crippen LogP contribution in [-0.2, 0) is 45.1 Å². The van der Waals surface area contributed by atoms with E-state index in [4.69, 9.17) is 0 Å². The SMILES string of the molecule is O=C1C(Cc2ccc(CC3C(=O)N(Cc4ccccc4)C(=O)N(c4ccccc4)C3=O)cc2)C(=O)N(c2ccccc2)C(=O)N1Cc1ccccc1. The lowest BCUT2D eigenvalue weighted by atomic mass is 9.91. The standard InChI is InChI=1S/C42H34N4O6/c47-37-35(39(49)45(33-17-9-3-10-18-33)41(51)43(37)27-31-13-5-1-6-14-31)25-29-21-23-30(24-22-29)26-36-38(48)44(28-32-15-7-2-8-16-32)42(52)46(40(36)50)34-19-11-4-12-20-34/h1-24,35-36H,25-28H2. The van der Waals surface area contributed by atoms with Gasteiger partial charge in [0.25, 0.3) is 0 Å². The molecule has 2 unspecified atom stereocenters. The molecule has 2 saturated heterocycles. The third-order valence-corrected chi connectivity index (χ3v) is 9.31. The molecule has 0 spiro atoms. The fraction of sp³-hybridized carbons (Fsp3) is 0.143. The quantitative estimate of drug-likeness (QED) is 0.157. The smallest absolute Gasteiger partial charge is 0.273 e. The van der Waals surface area contributed by atoms with Gasteiger partial charge in [-0.05, 0) is 59.4 Å². The lowest BCUT2D eigenvalue weighted by Crippen LogP contribution is -2.60. The number of carbonyl (C=O) groups is 6. The predicted octanol–water partition coefficient (Wildman–Crippen LogP) is 6.40. The highest BCUT2D eigenvalue weighted by Crippen LogP contribution is 2.30. The minimum absolute atomic E-state index is 0.0117. The molecule has 0 bridgehead atoms. The molecule has 10 heteroatoms. The van der Waals surface area contributed by atoms with E-state index in [1.807, 2.05) is 60.7 Å². The summed E-state index contributed by atoms with van der Waals surface area (Å²) in [6, 6.07) is 40.9. The number of amides is 8. The van der Waals surface area contributed by atoms with Gasteiger partial charge in [0.15, 0.2) is 0 Å². The number of anilines is 2. The summed E-state index contributed by atoms with van der Waals surface area (Å²) >= 11 is 0. The van der Waals surface area contributed by atoms with E-state index in [0.717, 1.165) is 30.7 Å². The molecule has 258 valence electrons. The topological polar surface area (TPSA) is 115 Å². The third kappa shape index (κ3) is 6.74. The van der Waals surface area contributed by atoms with Crippen molar-refractivity contribution >= 4 is 47.1 Å². The number of hydrogen-bond donors (Lipinski definition) is 0. The molecule has 8 amide bonds.